The van der Waals surface area contributed by atoms with E-state index in [4.69, 9.17) is 11.6 Å². The topological polar surface area (TPSA) is 37.8 Å². The normalized spacial score (nSPS) is 13.9. The maximum atomic E-state index is 6.13. The summed E-state index contributed by atoms with van der Waals surface area (Å²) in [5.41, 5.74) is 1.64. The summed E-state index contributed by atoms with van der Waals surface area (Å²) < 4.78 is 0. The Hall–Kier alpha value is -1.61. The van der Waals surface area contributed by atoms with Crippen molar-refractivity contribution in [1.82, 2.24) is 9.97 Å². The molecule has 0 aliphatic carbocycles. The van der Waals surface area contributed by atoms with Crippen LogP contribution >= 0.6 is 11.6 Å². The molecule has 0 saturated heterocycles. The van der Waals surface area contributed by atoms with Crippen LogP contribution in [0.1, 0.15) is 18.2 Å². The van der Waals surface area contributed by atoms with Gasteiger partial charge in [0.25, 0.3) is 0 Å². The van der Waals surface area contributed by atoms with E-state index in [1.807, 2.05) is 25.1 Å². The van der Waals surface area contributed by atoms with E-state index in [1.165, 1.54) is 0 Å². The lowest BCUT2D eigenvalue weighted by Crippen LogP contribution is -2.34. The van der Waals surface area contributed by atoms with Crippen molar-refractivity contribution in [2.75, 3.05) is 11.2 Å². The number of aryl methyl sites for hydroxylation is 1. The van der Waals surface area contributed by atoms with E-state index in [1.54, 1.807) is 12.4 Å². The zero-order valence-electron chi connectivity index (χ0n) is 10.5. The van der Waals surface area contributed by atoms with Crippen LogP contribution in [0.5, 0.6) is 0 Å². The van der Waals surface area contributed by atoms with Crippen LogP contribution in [0.4, 0.5) is 5.82 Å². The standard InChI is InChI=1S/C14H16ClN3/c1-11-13(17-9-8-16-11)18-14(2,10-15)12-6-4-3-5-7-12/h3-9H,10H2,1-2H3,(H,17,18). The number of benzene rings is 1. The molecule has 1 aromatic heterocycles. The molecule has 18 heavy (non-hydrogen) atoms. The van der Waals surface area contributed by atoms with E-state index in [2.05, 4.69) is 34.3 Å². The molecule has 1 atom stereocenters. The second kappa shape index (κ2) is 5.36. The van der Waals surface area contributed by atoms with E-state index < -0.39 is 0 Å². The Balaban J connectivity index is 2.32. The average molecular weight is 262 g/mol. The van der Waals surface area contributed by atoms with Crippen molar-refractivity contribution in [3.8, 4) is 0 Å². The van der Waals surface area contributed by atoms with Gasteiger partial charge in [0.2, 0.25) is 0 Å². The summed E-state index contributed by atoms with van der Waals surface area (Å²) in [6, 6.07) is 10.1. The highest BCUT2D eigenvalue weighted by Gasteiger charge is 2.26. The lowest BCUT2D eigenvalue weighted by Gasteiger charge is -2.30. The quantitative estimate of drug-likeness (QED) is 0.858. The first-order valence-corrected chi connectivity index (χ1v) is 6.36. The molecular formula is C14H16ClN3. The first kappa shape index (κ1) is 12.8. The van der Waals surface area contributed by atoms with Crippen LogP contribution in [-0.4, -0.2) is 15.8 Å². The van der Waals surface area contributed by atoms with Crippen LogP contribution in [0.25, 0.3) is 0 Å². The van der Waals surface area contributed by atoms with Gasteiger partial charge in [-0.05, 0) is 19.4 Å². The van der Waals surface area contributed by atoms with Gasteiger partial charge in [0.1, 0.15) is 5.82 Å². The molecule has 4 heteroatoms. The molecule has 0 spiro atoms. The third-order valence-electron chi connectivity index (χ3n) is 2.95. The van der Waals surface area contributed by atoms with Crippen molar-refractivity contribution in [2.45, 2.75) is 19.4 Å². The number of hydrogen-bond donors (Lipinski definition) is 1. The van der Waals surface area contributed by atoms with Gasteiger partial charge in [0.05, 0.1) is 11.2 Å². The molecule has 1 N–H and O–H groups in total. The van der Waals surface area contributed by atoms with Crippen molar-refractivity contribution in [3.05, 3.63) is 54.0 Å². The molecule has 0 aliphatic rings. The van der Waals surface area contributed by atoms with Crippen molar-refractivity contribution in [2.24, 2.45) is 0 Å². The Kier molecular flexibility index (Phi) is 3.82. The number of hydrogen-bond acceptors (Lipinski definition) is 3. The summed E-state index contributed by atoms with van der Waals surface area (Å²) >= 11 is 6.13. The Morgan fingerprint density at radius 3 is 2.44 bits per heavy atom. The van der Waals surface area contributed by atoms with Crippen molar-refractivity contribution < 1.29 is 0 Å². The highest BCUT2D eigenvalue weighted by atomic mass is 35.5. The highest BCUT2D eigenvalue weighted by molar-refractivity contribution is 6.18. The number of halogens is 1. The monoisotopic (exact) mass is 261 g/mol. The predicted octanol–water partition coefficient (Wildman–Crippen LogP) is 3.35. The first-order chi connectivity index (χ1) is 8.65. The van der Waals surface area contributed by atoms with Gasteiger partial charge in [-0.3, -0.25) is 4.98 Å². The highest BCUT2D eigenvalue weighted by Crippen LogP contribution is 2.27. The summed E-state index contributed by atoms with van der Waals surface area (Å²) in [7, 11) is 0. The largest absolute Gasteiger partial charge is 0.358 e. The molecule has 0 bridgehead atoms. The Bertz CT molecular complexity index is 515. The van der Waals surface area contributed by atoms with Gasteiger partial charge in [-0.15, -0.1) is 11.6 Å². The Morgan fingerprint density at radius 2 is 1.83 bits per heavy atom. The first-order valence-electron chi connectivity index (χ1n) is 5.83. The van der Waals surface area contributed by atoms with Gasteiger partial charge in [-0.25, -0.2) is 4.98 Å². The van der Waals surface area contributed by atoms with Gasteiger partial charge in [-0.2, -0.15) is 0 Å². The molecule has 0 aliphatic heterocycles. The maximum absolute atomic E-state index is 6.13. The molecule has 94 valence electrons. The van der Waals surface area contributed by atoms with Crippen molar-refractivity contribution in [3.63, 3.8) is 0 Å². The van der Waals surface area contributed by atoms with Gasteiger partial charge < -0.3 is 5.32 Å². The average Bonchev–Trinajstić information content (AvgIpc) is 2.42. The molecule has 0 fully saturated rings. The van der Waals surface area contributed by atoms with Crippen LogP contribution in [0, 0.1) is 6.92 Å². The lowest BCUT2D eigenvalue weighted by molar-refractivity contribution is 0.612. The van der Waals surface area contributed by atoms with Crippen LogP contribution in [0.2, 0.25) is 0 Å². The third kappa shape index (κ3) is 2.62. The fraction of sp³-hybridized carbons (Fsp3) is 0.286. The fourth-order valence-electron chi connectivity index (χ4n) is 1.78. The van der Waals surface area contributed by atoms with Crippen LogP contribution in [-0.2, 0) is 5.54 Å². The van der Waals surface area contributed by atoms with Crippen LogP contribution in [0.3, 0.4) is 0 Å². The maximum Gasteiger partial charge on any atom is 0.148 e. The number of nitrogens with zero attached hydrogens (tertiary/aromatic N) is 2. The van der Waals surface area contributed by atoms with Crippen LogP contribution < -0.4 is 5.32 Å². The van der Waals surface area contributed by atoms with Gasteiger partial charge in [-0.1, -0.05) is 30.3 Å². The summed E-state index contributed by atoms with van der Waals surface area (Å²) in [5.74, 6) is 1.22. The van der Waals surface area contributed by atoms with Gasteiger partial charge in [0.15, 0.2) is 0 Å². The van der Waals surface area contributed by atoms with Crippen molar-refractivity contribution >= 4 is 17.4 Å². The second-order valence-electron chi connectivity index (χ2n) is 4.45. The molecule has 2 rings (SSSR count). The molecule has 1 aromatic carbocycles. The second-order valence-corrected chi connectivity index (χ2v) is 4.71. The van der Waals surface area contributed by atoms with Crippen molar-refractivity contribution in [1.29, 1.82) is 0 Å². The number of aromatic nitrogens is 2. The minimum Gasteiger partial charge on any atom is -0.358 e. The predicted molar refractivity (Wildman–Crippen MR) is 74.9 cm³/mol. The van der Waals surface area contributed by atoms with Gasteiger partial charge in [0, 0.05) is 18.3 Å². The molecule has 1 unspecified atom stereocenters. The van der Waals surface area contributed by atoms with E-state index in [0.29, 0.717) is 5.88 Å². The molecule has 0 radical (unpaired) electrons. The van der Waals surface area contributed by atoms with E-state index in [9.17, 15) is 0 Å². The molecule has 0 saturated carbocycles. The third-order valence-corrected chi connectivity index (χ3v) is 3.49. The summed E-state index contributed by atoms with van der Waals surface area (Å²) in [6.07, 6.45) is 3.36. The SMILES string of the molecule is Cc1nccnc1NC(C)(CCl)c1ccccc1. The fourth-order valence-corrected chi connectivity index (χ4v) is 2.00. The Labute approximate surface area is 112 Å². The van der Waals surface area contributed by atoms with Gasteiger partial charge >= 0.3 is 0 Å². The minimum absolute atomic E-state index is 0.358. The number of alkyl halides is 1. The summed E-state index contributed by atoms with van der Waals surface area (Å²) in [6.45, 7) is 3.98. The molecular weight excluding hydrogens is 246 g/mol. The molecule has 2 aromatic rings. The van der Waals surface area contributed by atoms with E-state index in [0.717, 1.165) is 17.1 Å². The number of rotatable bonds is 4. The number of nitrogens with one attached hydrogen (secondary N) is 1. The van der Waals surface area contributed by atoms with E-state index >= 15 is 0 Å². The van der Waals surface area contributed by atoms with Crippen LogP contribution in [0.15, 0.2) is 42.7 Å². The number of anilines is 1. The smallest absolute Gasteiger partial charge is 0.148 e. The zero-order valence-corrected chi connectivity index (χ0v) is 11.3. The molecule has 0 amide bonds. The molecule has 3 nitrogen and oxygen atoms in total. The van der Waals surface area contributed by atoms with E-state index in [-0.39, 0.29) is 5.54 Å². The lowest BCUT2D eigenvalue weighted by atomic mass is 9.94. The molecule has 1 heterocycles. The summed E-state index contributed by atoms with van der Waals surface area (Å²) in [5, 5.41) is 3.38. The minimum atomic E-state index is -0.358. The zero-order chi connectivity index (χ0) is 13.0. The Morgan fingerprint density at radius 1 is 1.17 bits per heavy atom. The summed E-state index contributed by atoms with van der Waals surface area (Å²) in [4.78, 5) is 8.53.